The molecule has 1 aromatic heterocycles. The van der Waals surface area contributed by atoms with Crippen molar-refractivity contribution in [3.8, 4) is 11.1 Å². The number of nitrogens with zero attached hydrogens (tertiary/aromatic N) is 3. The summed E-state index contributed by atoms with van der Waals surface area (Å²) in [4.78, 5) is 21.4. The molecule has 1 aromatic carbocycles. The van der Waals surface area contributed by atoms with Crippen LogP contribution in [-0.2, 0) is 9.47 Å². The zero-order chi connectivity index (χ0) is 23.5. The zero-order valence-corrected chi connectivity index (χ0v) is 21.3. The number of rotatable bonds is 5. The second-order valence-corrected chi connectivity index (χ2v) is 11.0. The summed E-state index contributed by atoms with van der Waals surface area (Å²) >= 11 is 1.65. The Bertz CT molecular complexity index is 941. The van der Waals surface area contributed by atoms with Crippen LogP contribution in [0.25, 0.3) is 11.1 Å². The summed E-state index contributed by atoms with van der Waals surface area (Å²) in [6.45, 7) is 12.4. The van der Waals surface area contributed by atoms with Crippen molar-refractivity contribution in [3.05, 3.63) is 41.3 Å². The van der Waals surface area contributed by atoms with E-state index >= 15 is 0 Å². The smallest absolute Gasteiger partial charge is 0.264 e. The van der Waals surface area contributed by atoms with Crippen molar-refractivity contribution in [2.75, 3.05) is 63.9 Å². The van der Waals surface area contributed by atoms with Crippen LogP contribution < -0.4 is 4.90 Å². The molecule has 0 spiro atoms. The minimum Gasteiger partial charge on any atom is -0.378 e. The molecule has 4 heterocycles. The highest BCUT2D eigenvalue weighted by Crippen LogP contribution is 2.40. The van der Waals surface area contributed by atoms with Gasteiger partial charge >= 0.3 is 0 Å². The van der Waals surface area contributed by atoms with Crippen molar-refractivity contribution in [1.82, 2.24) is 9.80 Å². The molecule has 184 valence electrons. The van der Waals surface area contributed by atoms with E-state index in [4.69, 9.17) is 9.47 Å². The zero-order valence-electron chi connectivity index (χ0n) is 20.4. The average Bonchev–Trinajstić information content (AvgIpc) is 3.30. The number of carbonyl (C=O) groups is 1. The second kappa shape index (κ2) is 10.8. The Hall–Kier alpha value is -1.93. The van der Waals surface area contributed by atoms with Crippen LogP contribution in [0.4, 0.5) is 5.00 Å². The minimum atomic E-state index is 0.189. The first-order chi connectivity index (χ1) is 16.6. The third kappa shape index (κ3) is 5.48. The summed E-state index contributed by atoms with van der Waals surface area (Å²) in [5.74, 6) is 0.849. The van der Waals surface area contributed by atoms with E-state index in [9.17, 15) is 4.79 Å². The molecule has 3 aliphatic heterocycles. The highest BCUT2D eigenvalue weighted by Gasteiger charge is 2.30. The molecule has 5 rings (SSSR count). The lowest BCUT2D eigenvalue weighted by molar-refractivity contribution is -0.0728. The third-order valence-corrected chi connectivity index (χ3v) is 8.40. The van der Waals surface area contributed by atoms with E-state index in [0.29, 0.717) is 18.1 Å². The lowest BCUT2D eigenvalue weighted by Gasteiger charge is -2.39. The van der Waals surface area contributed by atoms with Gasteiger partial charge in [-0.25, -0.2) is 0 Å². The first-order valence-electron chi connectivity index (χ1n) is 12.8. The molecule has 2 atom stereocenters. The molecule has 0 saturated carbocycles. The van der Waals surface area contributed by atoms with E-state index in [0.717, 1.165) is 76.7 Å². The average molecular weight is 484 g/mol. The van der Waals surface area contributed by atoms with E-state index < -0.39 is 0 Å². The SMILES string of the molecule is CC1CN(CC2CCN(C(=O)c3cc(-c4ccccc4)c(N4CCOCC4)s3)CC2)CC(C)O1. The quantitative estimate of drug-likeness (QED) is 0.638. The molecule has 3 fully saturated rings. The number of hydrogen-bond donors (Lipinski definition) is 0. The van der Waals surface area contributed by atoms with E-state index in [1.807, 2.05) is 6.07 Å². The van der Waals surface area contributed by atoms with Crippen molar-refractivity contribution in [3.63, 3.8) is 0 Å². The summed E-state index contributed by atoms with van der Waals surface area (Å²) in [7, 11) is 0. The normalized spacial score (nSPS) is 25.0. The fourth-order valence-corrected chi connectivity index (χ4v) is 6.79. The van der Waals surface area contributed by atoms with Gasteiger partial charge in [0, 0.05) is 51.4 Å². The first kappa shape index (κ1) is 23.8. The fourth-order valence-electron chi connectivity index (χ4n) is 5.59. The maximum atomic E-state index is 13.5. The lowest BCUT2D eigenvalue weighted by Crippen LogP contribution is -2.48. The van der Waals surface area contributed by atoms with Crippen LogP contribution in [0.2, 0.25) is 0 Å². The maximum absolute atomic E-state index is 13.5. The van der Waals surface area contributed by atoms with Gasteiger partial charge in [-0.1, -0.05) is 30.3 Å². The monoisotopic (exact) mass is 483 g/mol. The van der Waals surface area contributed by atoms with Gasteiger partial charge in [0.25, 0.3) is 5.91 Å². The van der Waals surface area contributed by atoms with E-state index in [2.05, 4.69) is 58.9 Å². The van der Waals surface area contributed by atoms with Gasteiger partial charge in [-0.3, -0.25) is 9.69 Å². The van der Waals surface area contributed by atoms with Crippen LogP contribution >= 0.6 is 11.3 Å². The van der Waals surface area contributed by atoms with E-state index in [1.165, 1.54) is 16.1 Å². The summed E-state index contributed by atoms with van der Waals surface area (Å²) < 4.78 is 11.5. The highest BCUT2D eigenvalue weighted by atomic mass is 32.1. The summed E-state index contributed by atoms with van der Waals surface area (Å²) in [5, 5.41) is 1.20. The van der Waals surface area contributed by atoms with Crippen molar-refractivity contribution in [1.29, 1.82) is 0 Å². The second-order valence-electron chi connectivity index (χ2n) is 10.0. The third-order valence-electron chi connectivity index (χ3n) is 7.22. The van der Waals surface area contributed by atoms with Gasteiger partial charge in [0.2, 0.25) is 0 Å². The van der Waals surface area contributed by atoms with Gasteiger partial charge in [-0.2, -0.15) is 0 Å². The molecule has 0 radical (unpaired) electrons. The van der Waals surface area contributed by atoms with E-state index in [1.54, 1.807) is 11.3 Å². The standard InChI is InChI=1S/C27H37N3O3S/c1-20-17-28(18-21(2)33-20)19-22-8-10-29(11-9-22)26(31)25-16-24(23-6-4-3-5-7-23)27(34-25)30-12-14-32-15-13-30/h3-7,16,20-22H,8-15,17-19H2,1-2H3. The number of ether oxygens (including phenoxy) is 2. The van der Waals surface area contributed by atoms with Crippen molar-refractivity contribution in [2.45, 2.75) is 38.9 Å². The fraction of sp³-hybridized carbons (Fsp3) is 0.593. The lowest BCUT2D eigenvalue weighted by atomic mass is 9.95. The number of likely N-dealkylation sites (tertiary alicyclic amines) is 1. The summed E-state index contributed by atoms with van der Waals surface area (Å²) in [6.07, 6.45) is 2.78. The Morgan fingerprint density at radius 2 is 1.68 bits per heavy atom. The van der Waals surface area contributed by atoms with Gasteiger partial charge in [0.1, 0.15) is 0 Å². The number of thiophene rings is 1. The number of carbonyl (C=O) groups excluding carboxylic acids is 1. The molecule has 2 aromatic rings. The Morgan fingerprint density at radius 1 is 1.00 bits per heavy atom. The summed E-state index contributed by atoms with van der Waals surface area (Å²) in [5.41, 5.74) is 2.34. The van der Waals surface area contributed by atoms with Crippen LogP contribution in [0.15, 0.2) is 36.4 Å². The number of benzene rings is 1. The molecule has 7 heteroatoms. The molecule has 0 N–H and O–H groups in total. The van der Waals surface area contributed by atoms with Gasteiger partial charge in [-0.05, 0) is 44.2 Å². The van der Waals surface area contributed by atoms with Gasteiger partial charge in [0.15, 0.2) is 0 Å². The molecule has 34 heavy (non-hydrogen) atoms. The van der Waals surface area contributed by atoms with Crippen LogP contribution in [0.1, 0.15) is 36.4 Å². The summed E-state index contributed by atoms with van der Waals surface area (Å²) in [6, 6.07) is 12.6. The van der Waals surface area contributed by atoms with Crippen molar-refractivity contribution < 1.29 is 14.3 Å². The Balaban J connectivity index is 1.25. The molecular weight excluding hydrogens is 446 g/mol. The molecule has 6 nitrogen and oxygen atoms in total. The molecule has 3 aliphatic rings. The van der Waals surface area contributed by atoms with E-state index in [-0.39, 0.29) is 5.91 Å². The Morgan fingerprint density at radius 3 is 2.35 bits per heavy atom. The van der Waals surface area contributed by atoms with Crippen molar-refractivity contribution in [2.24, 2.45) is 5.92 Å². The predicted molar refractivity (Wildman–Crippen MR) is 138 cm³/mol. The Labute approximate surface area is 207 Å². The van der Waals surface area contributed by atoms with Crippen LogP contribution in [0, 0.1) is 5.92 Å². The molecule has 1 amide bonds. The van der Waals surface area contributed by atoms with Crippen LogP contribution in [-0.4, -0.2) is 86.9 Å². The molecule has 0 aliphatic carbocycles. The molecule has 3 saturated heterocycles. The number of morpholine rings is 2. The van der Waals surface area contributed by atoms with Crippen LogP contribution in [0.3, 0.4) is 0 Å². The van der Waals surface area contributed by atoms with Crippen molar-refractivity contribution >= 4 is 22.2 Å². The number of hydrogen-bond acceptors (Lipinski definition) is 6. The number of amides is 1. The molecular formula is C27H37N3O3S. The largest absolute Gasteiger partial charge is 0.378 e. The number of anilines is 1. The van der Waals surface area contributed by atoms with Gasteiger partial charge in [-0.15, -0.1) is 11.3 Å². The van der Waals surface area contributed by atoms with Gasteiger partial charge in [0.05, 0.1) is 35.3 Å². The topological polar surface area (TPSA) is 45.2 Å². The molecule has 2 unspecified atom stereocenters. The maximum Gasteiger partial charge on any atom is 0.264 e. The van der Waals surface area contributed by atoms with Gasteiger partial charge < -0.3 is 19.3 Å². The Kier molecular flexibility index (Phi) is 7.54. The van der Waals surface area contributed by atoms with Crippen LogP contribution in [0.5, 0.6) is 0 Å². The molecule has 0 bridgehead atoms. The minimum absolute atomic E-state index is 0.189. The first-order valence-corrected chi connectivity index (χ1v) is 13.6. The predicted octanol–water partition coefficient (Wildman–Crippen LogP) is 4.21. The number of piperidine rings is 1. The highest BCUT2D eigenvalue weighted by molar-refractivity contribution is 7.18.